The highest BCUT2D eigenvalue weighted by atomic mass is 16.5. The first kappa shape index (κ1) is 15.4. The molecule has 1 atom stereocenters. The molecule has 3 aromatic rings. The van der Waals surface area contributed by atoms with Gasteiger partial charge in [0.1, 0.15) is 5.75 Å². The summed E-state index contributed by atoms with van der Waals surface area (Å²) in [4.78, 5) is 12.7. The Kier molecular flexibility index (Phi) is 3.98. The minimum Gasteiger partial charge on any atom is -0.496 e. The standard InChI is InChI=1S/C20H19N3O2/c1-25-19-10-14(6-8-17(19)15-11-21-22-12-15)20(24)23-18-9-7-13-4-2-3-5-16(13)18/h2-6,8,10-12,18H,7,9H2,1H3,(H,21,22)(H,23,24). The van der Waals surface area contributed by atoms with Gasteiger partial charge in [0.2, 0.25) is 0 Å². The van der Waals surface area contributed by atoms with Crippen LogP contribution in [-0.4, -0.2) is 23.2 Å². The van der Waals surface area contributed by atoms with Crippen LogP contribution in [0.4, 0.5) is 0 Å². The number of fused-ring (bicyclic) bond motifs is 1. The average molecular weight is 333 g/mol. The smallest absolute Gasteiger partial charge is 0.251 e. The summed E-state index contributed by atoms with van der Waals surface area (Å²) >= 11 is 0. The maximum atomic E-state index is 12.7. The second-order valence-corrected chi connectivity index (χ2v) is 6.17. The van der Waals surface area contributed by atoms with Crippen molar-refractivity contribution in [2.45, 2.75) is 18.9 Å². The number of benzene rings is 2. The Morgan fingerprint density at radius 3 is 2.96 bits per heavy atom. The number of nitrogens with zero attached hydrogens (tertiary/aromatic N) is 1. The van der Waals surface area contributed by atoms with Gasteiger partial charge in [-0.3, -0.25) is 9.89 Å². The number of amides is 1. The van der Waals surface area contributed by atoms with Crippen LogP contribution in [0.3, 0.4) is 0 Å². The molecule has 2 N–H and O–H groups in total. The van der Waals surface area contributed by atoms with E-state index in [9.17, 15) is 4.79 Å². The van der Waals surface area contributed by atoms with Crippen molar-refractivity contribution in [1.82, 2.24) is 15.5 Å². The molecule has 1 amide bonds. The van der Waals surface area contributed by atoms with Gasteiger partial charge in [0.15, 0.2) is 0 Å². The maximum Gasteiger partial charge on any atom is 0.251 e. The lowest BCUT2D eigenvalue weighted by atomic mass is 10.0. The van der Waals surface area contributed by atoms with Gasteiger partial charge in [-0.2, -0.15) is 5.10 Å². The molecule has 1 aliphatic rings. The van der Waals surface area contributed by atoms with E-state index in [-0.39, 0.29) is 11.9 Å². The molecule has 1 unspecified atom stereocenters. The SMILES string of the molecule is COc1cc(C(=O)NC2CCc3ccccc32)ccc1-c1cn[nH]c1. The zero-order chi connectivity index (χ0) is 17.2. The Bertz CT molecular complexity index is 903. The summed E-state index contributed by atoms with van der Waals surface area (Å²) < 4.78 is 5.46. The third kappa shape index (κ3) is 2.89. The van der Waals surface area contributed by atoms with Crippen LogP contribution in [0.1, 0.15) is 33.9 Å². The minimum atomic E-state index is -0.0845. The van der Waals surface area contributed by atoms with Gasteiger partial charge in [0.05, 0.1) is 19.3 Å². The fraction of sp³-hybridized carbons (Fsp3) is 0.200. The van der Waals surface area contributed by atoms with Gasteiger partial charge in [0.25, 0.3) is 5.91 Å². The lowest BCUT2D eigenvalue weighted by Gasteiger charge is -2.15. The number of aromatic amines is 1. The van der Waals surface area contributed by atoms with Crippen LogP contribution in [0.5, 0.6) is 5.75 Å². The molecule has 25 heavy (non-hydrogen) atoms. The van der Waals surface area contributed by atoms with Crippen molar-refractivity contribution in [3.8, 4) is 16.9 Å². The van der Waals surface area contributed by atoms with Crippen LogP contribution in [-0.2, 0) is 6.42 Å². The fourth-order valence-electron chi connectivity index (χ4n) is 3.42. The molecule has 0 saturated carbocycles. The highest BCUT2D eigenvalue weighted by Crippen LogP contribution is 2.32. The van der Waals surface area contributed by atoms with Gasteiger partial charge in [-0.1, -0.05) is 24.3 Å². The summed E-state index contributed by atoms with van der Waals surface area (Å²) in [6.45, 7) is 0. The van der Waals surface area contributed by atoms with Crippen molar-refractivity contribution in [2.75, 3.05) is 7.11 Å². The van der Waals surface area contributed by atoms with Crippen LogP contribution in [0, 0.1) is 0 Å². The highest BCUT2D eigenvalue weighted by Gasteiger charge is 2.24. The van der Waals surface area contributed by atoms with Gasteiger partial charge in [0, 0.05) is 22.9 Å². The van der Waals surface area contributed by atoms with Crippen LogP contribution in [0.25, 0.3) is 11.1 Å². The first-order chi connectivity index (χ1) is 12.3. The second kappa shape index (κ2) is 6.43. The molecule has 1 aliphatic carbocycles. The molecule has 2 aromatic carbocycles. The van der Waals surface area contributed by atoms with Crippen molar-refractivity contribution in [3.05, 3.63) is 71.5 Å². The molecule has 4 rings (SSSR count). The number of ether oxygens (including phenoxy) is 1. The van der Waals surface area contributed by atoms with Crippen molar-refractivity contribution in [2.24, 2.45) is 0 Å². The number of H-pyrrole nitrogens is 1. The van der Waals surface area contributed by atoms with E-state index in [0.717, 1.165) is 24.0 Å². The third-order valence-corrected chi connectivity index (χ3v) is 4.71. The lowest BCUT2D eigenvalue weighted by Crippen LogP contribution is -2.27. The van der Waals surface area contributed by atoms with E-state index in [0.29, 0.717) is 11.3 Å². The van der Waals surface area contributed by atoms with E-state index in [1.54, 1.807) is 25.6 Å². The predicted octanol–water partition coefficient (Wildman–Crippen LogP) is 3.50. The zero-order valence-electron chi connectivity index (χ0n) is 14.0. The summed E-state index contributed by atoms with van der Waals surface area (Å²) in [5, 5.41) is 9.90. The maximum absolute atomic E-state index is 12.7. The Labute approximate surface area is 146 Å². The summed E-state index contributed by atoms with van der Waals surface area (Å²) in [7, 11) is 1.60. The highest BCUT2D eigenvalue weighted by molar-refractivity contribution is 5.96. The first-order valence-electron chi connectivity index (χ1n) is 8.32. The molecule has 0 radical (unpaired) electrons. The van der Waals surface area contributed by atoms with E-state index >= 15 is 0 Å². The molecular weight excluding hydrogens is 314 g/mol. The van der Waals surface area contributed by atoms with E-state index in [1.165, 1.54) is 11.1 Å². The van der Waals surface area contributed by atoms with E-state index < -0.39 is 0 Å². The van der Waals surface area contributed by atoms with Crippen molar-refractivity contribution < 1.29 is 9.53 Å². The van der Waals surface area contributed by atoms with Crippen molar-refractivity contribution in [1.29, 1.82) is 0 Å². The van der Waals surface area contributed by atoms with Gasteiger partial charge >= 0.3 is 0 Å². The number of hydrogen-bond acceptors (Lipinski definition) is 3. The van der Waals surface area contributed by atoms with Crippen LogP contribution in [0.15, 0.2) is 54.9 Å². The summed E-state index contributed by atoms with van der Waals surface area (Å²) in [6.07, 6.45) is 5.47. The molecule has 5 nitrogen and oxygen atoms in total. The van der Waals surface area contributed by atoms with Crippen LogP contribution in [0.2, 0.25) is 0 Å². The summed E-state index contributed by atoms with van der Waals surface area (Å²) in [5.41, 5.74) is 4.96. The molecule has 126 valence electrons. The number of carbonyl (C=O) groups excluding carboxylic acids is 1. The number of nitrogens with one attached hydrogen (secondary N) is 2. The Morgan fingerprint density at radius 2 is 2.16 bits per heavy atom. The molecule has 5 heteroatoms. The average Bonchev–Trinajstić information content (AvgIpc) is 3.31. The number of aryl methyl sites for hydroxylation is 1. The van der Waals surface area contributed by atoms with Gasteiger partial charge in [-0.05, 0) is 42.2 Å². The van der Waals surface area contributed by atoms with Crippen molar-refractivity contribution >= 4 is 5.91 Å². The summed E-state index contributed by atoms with van der Waals surface area (Å²) in [6, 6.07) is 13.8. The molecule has 0 saturated heterocycles. The van der Waals surface area contributed by atoms with Gasteiger partial charge < -0.3 is 10.1 Å². The number of carbonyl (C=O) groups is 1. The number of rotatable bonds is 4. The number of aromatic nitrogens is 2. The molecule has 0 bridgehead atoms. The molecule has 0 aliphatic heterocycles. The minimum absolute atomic E-state index is 0.0724. The quantitative estimate of drug-likeness (QED) is 0.768. The summed E-state index contributed by atoms with van der Waals surface area (Å²) in [5.74, 6) is 0.569. The Morgan fingerprint density at radius 1 is 1.28 bits per heavy atom. The number of hydrogen-bond donors (Lipinski definition) is 2. The first-order valence-corrected chi connectivity index (χ1v) is 8.32. The topological polar surface area (TPSA) is 67.0 Å². The largest absolute Gasteiger partial charge is 0.496 e. The van der Waals surface area contributed by atoms with Crippen LogP contribution >= 0.6 is 0 Å². The van der Waals surface area contributed by atoms with Crippen LogP contribution < -0.4 is 10.1 Å². The van der Waals surface area contributed by atoms with E-state index in [4.69, 9.17) is 4.74 Å². The van der Waals surface area contributed by atoms with Crippen molar-refractivity contribution in [3.63, 3.8) is 0 Å². The van der Waals surface area contributed by atoms with Gasteiger partial charge in [-0.25, -0.2) is 0 Å². The molecule has 0 spiro atoms. The zero-order valence-corrected chi connectivity index (χ0v) is 14.0. The monoisotopic (exact) mass is 333 g/mol. The van der Waals surface area contributed by atoms with Gasteiger partial charge in [-0.15, -0.1) is 0 Å². The molecule has 1 aromatic heterocycles. The third-order valence-electron chi connectivity index (χ3n) is 4.71. The molecular formula is C20H19N3O2. The fourth-order valence-corrected chi connectivity index (χ4v) is 3.42. The number of methoxy groups -OCH3 is 1. The predicted molar refractivity (Wildman–Crippen MR) is 95.5 cm³/mol. The molecule has 0 fully saturated rings. The molecule has 1 heterocycles. The Balaban J connectivity index is 1.57. The van der Waals surface area contributed by atoms with E-state index in [2.05, 4.69) is 27.6 Å². The normalized spacial score (nSPS) is 15.6. The lowest BCUT2D eigenvalue weighted by molar-refractivity contribution is 0.0936. The van der Waals surface area contributed by atoms with E-state index in [1.807, 2.05) is 24.3 Å². The second-order valence-electron chi connectivity index (χ2n) is 6.17. The Hall–Kier alpha value is -3.08.